The Morgan fingerprint density at radius 3 is 2.52 bits per heavy atom. The molecule has 0 spiro atoms. The lowest BCUT2D eigenvalue weighted by atomic mass is 9.75. The highest BCUT2D eigenvalue weighted by Crippen LogP contribution is 2.47. The number of benzene rings is 1. The van der Waals surface area contributed by atoms with Crippen molar-refractivity contribution in [3.8, 4) is 0 Å². The molecule has 3 aromatic rings. The Kier molecular flexibility index (Phi) is 4.24. The Hall–Kier alpha value is -2.20. The lowest BCUT2D eigenvalue weighted by Crippen LogP contribution is -2.22. The fourth-order valence-corrected chi connectivity index (χ4v) is 4.83. The van der Waals surface area contributed by atoms with E-state index in [9.17, 15) is 9.50 Å². The third-order valence-electron chi connectivity index (χ3n) is 6.49. The van der Waals surface area contributed by atoms with E-state index >= 15 is 0 Å². The number of hydrogen-bond donors (Lipinski definition) is 1. The van der Waals surface area contributed by atoms with Crippen molar-refractivity contribution in [1.29, 1.82) is 0 Å². The van der Waals surface area contributed by atoms with Crippen molar-refractivity contribution in [2.24, 2.45) is 5.92 Å². The van der Waals surface area contributed by atoms with E-state index in [1.54, 1.807) is 12.1 Å². The molecule has 3 nitrogen and oxygen atoms in total. The summed E-state index contributed by atoms with van der Waals surface area (Å²) in [6, 6.07) is 11.3. The first kappa shape index (κ1) is 16.9. The van der Waals surface area contributed by atoms with Gasteiger partial charge in [-0.3, -0.25) is 0 Å². The highest BCUT2D eigenvalue weighted by atomic mass is 19.1. The molecule has 2 fully saturated rings. The van der Waals surface area contributed by atoms with Gasteiger partial charge < -0.3 is 9.51 Å². The maximum Gasteiger partial charge on any atom is 0.123 e. The number of aromatic nitrogens is 2. The molecule has 27 heavy (non-hydrogen) atoms. The van der Waals surface area contributed by atoms with Crippen LogP contribution < -0.4 is 0 Å². The van der Waals surface area contributed by atoms with Crippen LogP contribution in [0.2, 0.25) is 0 Å². The van der Waals surface area contributed by atoms with E-state index in [4.69, 9.17) is 0 Å². The van der Waals surface area contributed by atoms with Gasteiger partial charge in [0.15, 0.2) is 0 Å². The predicted octanol–water partition coefficient (Wildman–Crippen LogP) is 5.36. The molecule has 2 aliphatic carbocycles. The number of halogens is 1. The highest BCUT2D eigenvalue weighted by molar-refractivity contribution is 5.50. The molecule has 2 heterocycles. The average molecular weight is 364 g/mol. The molecule has 0 amide bonds. The van der Waals surface area contributed by atoms with Crippen molar-refractivity contribution in [2.45, 2.75) is 56.5 Å². The maximum absolute atomic E-state index is 13.5. The molecule has 0 aliphatic heterocycles. The van der Waals surface area contributed by atoms with E-state index in [1.807, 2.05) is 18.6 Å². The molecule has 5 rings (SSSR count). The van der Waals surface area contributed by atoms with E-state index in [0.29, 0.717) is 11.8 Å². The largest absolute Gasteiger partial charge is 0.387 e. The topological polar surface area (TPSA) is 37.5 Å². The van der Waals surface area contributed by atoms with Crippen LogP contribution in [0.25, 0.3) is 5.52 Å². The lowest BCUT2D eigenvalue weighted by molar-refractivity contribution is 0.0754. The summed E-state index contributed by atoms with van der Waals surface area (Å²) in [6.07, 6.45) is 9.60. The zero-order valence-electron chi connectivity index (χ0n) is 15.4. The molecule has 0 bridgehead atoms. The summed E-state index contributed by atoms with van der Waals surface area (Å²) in [6.45, 7) is 0. The zero-order chi connectivity index (χ0) is 18.4. The third kappa shape index (κ3) is 3.16. The van der Waals surface area contributed by atoms with Crippen LogP contribution in [0.4, 0.5) is 4.39 Å². The summed E-state index contributed by atoms with van der Waals surface area (Å²) in [5, 5.41) is 11.3. The van der Waals surface area contributed by atoms with Gasteiger partial charge in [0.05, 0.1) is 29.8 Å². The summed E-state index contributed by atoms with van der Waals surface area (Å²) in [5.74, 6) is 1.08. The van der Waals surface area contributed by atoms with Crippen molar-refractivity contribution >= 4 is 5.52 Å². The molecule has 2 saturated carbocycles. The van der Waals surface area contributed by atoms with E-state index in [-0.39, 0.29) is 11.7 Å². The SMILES string of the molecule is O[C@H](c1c(C2CC2)ccc2cncn12)C1CCC(c2cccc(F)c2)CC1. The van der Waals surface area contributed by atoms with E-state index in [1.165, 1.54) is 24.5 Å². The molecule has 1 aromatic carbocycles. The van der Waals surface area contributed by atoms with Gasteiger partial charge in [0.2, 0.25) is 0 Å². The Bertz CT molecular complexity index is 954. The van der Waals surface area contributed by atoms with Crippen molar-refractivity contribution in [1.82, 2.24) is 9.38 Å². The molecule has 0 radical (unpaired) electrons. The molecule has 4 heteroatoms. The summed E-state index contributed by atoms with van der Waals surface area (Å²) < 4.78 is 15.6. The number of hydrogen-bond acceptors (Lipinski definition) is 2. The monoisotopic (exact) mass is 364 g/mol. The van der Waals surface area contributed by atoms with Gasteiger partial charge in [-0.05, 0) is 85.6 Å². The van der Waals surface area contributed by atoms with Crippen molar-refractivity contribution < 1.29 is 9.50 Å². The van der Waals surface area contributed by atoms with Gasteiger partial charge in [-0.1, -0.05) is 18.2 Å². The maximum atomic E-state index is 13.5. The minimum Gasteiger partial charge on any atom is -0.387 e. The molecule has 0 unspecified atom stereocenters. The molecule has 0 saturated heterocycles. The quantitative estimate of drug-likeness (QED) is 0.677. The van der Waals surface area contributed by atoms with Crippen molar-refractivity contribution in [2.75, 3.05) is 0 Å². The van der Waals surface area contributed by atoms with Gasteiger partial charge >= 0.3 is 0 Å². The third-order valence-corrected chi connectivity index (χ3v) is 6.49. The number of imidazole rings is 1. The van der Waals surface area contributed by atoms with Gasteiger partial charge in [0, 0.05) is 0 Å². The van der Waals surface area contributed by atoms with Crippen LogP contribution >= 0.6 is 0 Å². The number of nitrogens with zero attached hydrogens (tertiary/aromatic N) is 2. The van der Waals surface area contributed by atoms with Crippen molar-refractivity contribution in [3.05, 3.63) is 71.6 Å². The van der Waals surface area contributed by atoms with Gasteiger partial charge in [-0.15, -0.1) is 0 Å². The van der Waals surface area contributed by atoms with E-state index < -0.39 is 6.10 Å². The Balaban J connectivity index is 1.38. The Morgan fingerprint density at radius 1 is 1.00 bits per heavy atom. The number of aliphatic hydroxyl groups is 1. The van der Waals surface area contributed by atoms with Crippen LogP contribution in [0.15, 0.2) is 48.9 Å². The normalized spacial score (nSPS) is 24.2. The molecular weight excluding hydrogens is 339 g/mol. The Morgan fingerprint density at radius 2 is 1.78 bits per heavy atom. The number of rotatable bonds is 4. The summed E-state index contributed by atoms with van der Waals surface area (Å²) >= 11 is 0. The minimum absolute atomic E-state index is 0.157. The fraction of sp³-hybridized carbons (Fsp3) is 0.435. The standard InChI is InChI=1S/C23H25FN2O/c24-19-3-1-2-18(12-19)15-4-8-17(9-5-15)23(27)22-21(16-6-7-16)11-10-20-13-25-14-26(20)22/h1-3,10-17,23,27H,4-9H2/t15?,17?,23-/m0/s1. The summed E-state index contributed by atoms with van der Waals surface area (Å²) in [4.78, 5) is 4.29. The lowest BCUT2D eigenvalue weighted by Gasteiger charge is -2.33. The van der Waals surface area contributed by atoms with E-state index in [2.05, 4.69) is 21.5 Å². The average Bonchev–Trinajstić information content (AvgIpc) is 3.43. The molecule has 2 aromatic heterocycles. The second-order valence-corrected chi connectivity index (χ2v) is 8.25. The van der Waals surface area contributed by atoms with Gasteiger partial charge in [-0.2, -0.15) is 0 Å². The molecule has 2 aliphatic rings. The van der Waals surface area contributed by atoms with Crippen LogP contribution in [0.5, 0.6) is 0 Å². The summed E-state index contributed by atoms with van der Waals surface area (Å²) in [5.41, 5.74) is 4.47. The van der Waals surface area contributed by atoms with Crippen molar-refractivity contribution in [3.63, 3.8) is 0 Å². The molecule has 1 atom stereocenters. The first-order valence-corrected chi connectivity index (χ1v) is 10.1. The first-order chi connectivity index (χ1) is 13.2. The second kappa shape index (κ2) is 6.75. The molecular formula is C23H25FN2O. The minimum atomic E-state index is -0.466. The fourth-order valence-electron chi connectivity index (χ4n) is 4.83. The number of aliphatic hydroxyl groups excluding tert-OH is 1. The van der Waals surface area contributed by atoms with Gasteiger partial charge in [-0.25, -0.2) is 9.37 Å². The number of fused-ring (bicyclic) bond motifs is 1. The smallest absolute Gasteiger partial charge is 0.123 e. The van der Waals surface area contributed by atoms with Crippen LogP contribution in [-0.2, 0) is 0 Å². The molecule has 140 valence electrons. The Labute approximate surface area is 158 Å². The first-order valence-electron chi connectivity index (χ1n) is 10.1. The molecule has 1 N–H and O–H groups in total. The zero-order valence-corrected chi connectivity index (χ0v) is 15.4. The van der Waals surface area contributed by atoms with Gasteiger partial charge in [0.25, 0.3) is 0 Å². The van der Waals surface area contributed by atoms with Crippen LogP contribution in [0.1, 0.15) is 73.3 Å². The summed E-state index contributed by atoms with van der Waals surface area (Å²) in [7, 11) is 0. The van der Waals surface area contributed by atoms with Crippen LogP contribution in [0.3, 0.4) is 0 Å². The van der Waals surface area contributed by atoms with Crippen LogP contribution in [-0.4, -0.2) is 14.5 Å². The van der Waals surface area contributed by atoms with Crippen LogP contribution in [0, 0.1) is 11.7 Å². The second-order valence-electron chi connectivity index (χ2n) is 8.25. The van der Waals surface area contributed by atoms with E-state index in [0.717, 1.165) is 42.5 Å². The van der Waals surface area contributed by atoms with Gasteiger partial charge in [0.1, 0.15) is 5.82 Å². The predicted molar refractivity (Wildman–Crippen MR) is 103 cm³/mol. The number of pyridine rings is 1. The highest BCUT2D eigenvalue weighted by Gasteiger charge is 2.34.